The molecule has 5 heteroatoms. The molecule has 0 unspecified atom stereocenters. The van der Waals surface area contributed by atoms with Crippen molar-refractivity contribution in [2.45, 2.75) is 45.4 Å². The molecular weight excluding hydrogens is 258 g/mol. The summed E-state index contributed by atoms with van der Waals surface area (Å²) in [6.45, 7) is 2.14. The van der Waals surface area contributed by atoms with Crippen molar-refractivity contribution in [3.05, 3.63) is 23.8 Å². The molecule has 1 amide bonds. The number of aromatic carboxylic acids is 1. The second-order valence-corrected chi connectivity index (χ2v) is 4.75. The number of hydrogen-bond acceptors (Lipinski definition) is 3. The topological polar surface area (TPSA) is 86.6 Å². The van der Waals surface area contributed by atoms with E-state index in [4.69, 9.17) is 5.11 Å². The zero-order valence-electron chi connectivity index (χ0n) is 11.7. The SMILES string of the molecule is CCCCCCCC(=O)Nc1ccc(C(=O)O)cc1O. The van der Waals surface area contributed by atoms with Crippen LogP contribution in [-0.2, 0) is 4.79 Å². The highest BCUT2D eigenvalue weighted by molar-refractivity contribution is 5.94. The maximum absolute atomic E-state index is 11.7. The van der Waals surface area contributed by atoms with E-state index in [-0.39, 0.29) is 22.9 Å². The standard InChI is InChI=1S/C15H21NO4/c1-2-3-4-5-6-7-14(18)16-12-9-8-11(15(19)20)10-13(12)17/h8-10,17H,2-7H2,1H3,(H,16,18)(H,19,20). The highest BCUT2D eigenvalue weighted by Crippen LogP contribution is 2.24. The largest absolute Gasteiger partial charge is 0.506 e. The first-order valence-electron chi connectivity index (χ1n) is 6.90. The molecule has 110 valence electrons. The van der Waals surface area contributed by atoms with Crippen LogP contribution in [-0.4, -0.2) is 22.1 Å². The van der Waals surface area contributed by atoms with E-state index in [9.17, 15) is 14.7 Å². The number of benzene rings is 1. The summed E-state index contributed by atoms with van der Waals surface area (Å²) < 4.78 is 0. The fourth-order valence-electron chi connectivity index (χ4n) is 1.87. The lowest BCUT2D eigenvalue weighted by molar-refractivity contribution is -0.116. The fraction of sp³-hybridized carbons (Fsp3) is 0.467. The third-order valence-electron chi connectivity index (χ3n) is 3.03. The first kappa shape index (κ1) is 16.0. The Morgan fingerprint density at radius 3 is 2.45 bits per heavy atom. The van der Waals surface area contributed by atoms with Gasteiger partial charge in [0.1, 0.15) is 5.75 Å². The number of phenolic OH excluding ortho intramolecular Hbond substituents is 1. The molecule has 1 aromatic rings. The van der Waals surface area contributed by atoms with Crippen LogP contribution in [0.3, 0.4) is 0 Å². The number of unbranched alkanes of at least 4 members (excludes halogenated alkanes) is 4. The van der Waals surface area contributed by atoms with Gasteiger partial charge in [-0.2, -0.15) is 0 Å². The van der Waals surface area contributed by atoms with Crippen molar-refractivity contribution >= 4 is 17.6 Å². The van der Waals surface area contributed by atoms with Crippen LogP contribution in [0.1, 0.15) is 55.8 Å². The monoisotopic (exact) mass is 279 g/mol. The van der Waals surface area contributed by atoms with Gasteiger partial charge in [-0.05, 0) is 24.6 Å². The van der Waals surface area contributed by atoms with Gasteiger partial charge in [0.2, 0.25) is 5.91 Å². The highest BCUT2D eigenvalue weighted by atomic mass is 16.4. The average Bonchev–Trinajstić information content (AvgIpc) is 2.40. The van der Waals surface area contributed by atoms with E-state index in [2.05, 4.69) is 12.2 Å². The molecule has 0 saturated heterocycles. The Balaban J connectivity index is 2.44. The Kier molecular flexibility index (Phi) is 6.56. The van der Waals surface area contributed by atoms with Gasteiger partial charge in [0.25, 0.3) is 0 Å². The van der Waals surface area contributed by atoms with Crippen molar-refractivity contribution in [2.24, 2.45) is 0 Å². The van der Waals surface area contributed by atoms with Gasteiger partial charge in [0, 0.05) is 6.42 Å². The number of anilines is 1. The van der Waals surface area contributed by atoms with Crippen molar-refractivity contribution < 1.29 is 19.8 Å². The van der Waals surface area contributed by atoms with Crippen LogP contribution >= 0.6 is 0 Å². The molecule has 0 aliphatic carbocycles. The third kappa shape index (κ3) is 5.30. The number of carbonyl (C=O) groups excluding carboxylic acids is 1. The summed E-state index contributed by atoms with van der Waals surface area (Å²) in [4.78, 5) is 22.4. The van der Waals surface area contributed by atoms with Crippen molar-refractivity contribution in [3.8, 4) is 5.75 Å². The lowest BCUT2D eigenvalue weighted by Crippen LogP contribution is -2.11. The number of amides is 1. The average molecular weight is 279 g/mol. The fourth-order valence-corrected chi connectivity index (χ4v) is 1.87. The predicted octanol–water partition coefficient (Wildman–Crippen LogP) is 3.39. The summed E-state index contributed by atoms with van der Waals surface area (Å²) in [5, 5.41) is 21.0. The smallest absolute Gasteiger partial charge is 0.335 e. The van der Waals surface area contributed by atoms with Crippen molar-refractivity contribution in [1.82, 2.24) is 0 Å². The molecular formula is C15H21NO4. The number of carboxylic acid groups (broad SMARTS) is 1. The summed E-state index contributed by atoms with van der Waals surface area (Å²) in [5.41, 5.74) is 0.230. The summed E-state index contributed by atoms with van der Waals surface area (Å²) in [7, 11) is 0. The number of carbonyl (C=O) groups is 2. The summed E-state index contributed by atoms with van der Waals surface area (Å²) >= 11 is 0. The first-order chi connectivity index (χ1) is 9.54. The van der Waals surface area contributed by atoms with Crippen LogP contribution < -0.4 is 5.32 Å². The third-order valence-corrected chi connectivity index (χ3v) is 3.03. The quantitative estimate of drug-likeness (QED) is 0.503. The molecule has 0 spiro atoms. The molecule has 0 heterocycles. The van der Waals surface area contributed by atoms with Crippen LogP contribution in [0.5, 0.6) is 5.75 Å². The lowest BCUT2D eigenvalue weighted by Gasteiger charge is -2.08. The van der Waals surface area contributed by atoms with Crippen LogP contribution in [0.2, 0.25) is 0 Å². The molecule has 0 radical (unpaired) electrons. The summed E-state index contributed by atoms with van der Waals surface area (Å²) in [5.74, 6) is -1.52. The number of phenols is 1. The lowest BCUT2D eigenvalue weighted by atomic mass is 10.1. The van der Waals surface area contributed by atoms with Gasteiger partial charge in [-0.3, -0.25) is 4.79 Å². The Morgan fingerprint density at radius 2 is 1.85 bits per heavy atom. The van der Waals surface area contributed by atoms with Gasteiger partial charge in [-0.25, -0.2) is 4.79 Å². The van der Waals surface area contributed by atoms with Crippen LogP contribution in [0.25, 0.3) is 0 Å². The Morgan fingerprint density at radius 1 is 1.15 bits per heavy atom. The number of aromatic hydroxyl groups is 1. The van der Waals surface area contributed by atoms with Crippen LogP contribution in [0.15, 0.2) is 18.2 Å². The molecule has 20 heavy (non-hydrogen) atoms. The predicted molar refractivity (Wildman–Crippen MR) is 77.1 cm³/mol. The molecule has 0 fully saturated rings. The number of hydrogen-bond donors (Lipinski definition) is 3. The normalized spacial score (nSPS) is 10.2. The van der Waals surface area contributed by atoms with Gasteiger partial charge >= 0.3 is 5.97 Å². The molecule has 0 aliphatic heterocycles. The van der Waals surface area contributed by atoms with Crippen LogP contribution in [0, 0.1) is 0 Å². The number of rotatable bonds is 8. The highest BCUT2D eigenvalue weighted by Gasteiger charge is 2.09. The minimum atomic E-state index is -1.12. The van der Waals surface area contributed by atoms with Gasteiger partial charge < -0.3 is 15.5 Å². The minimum Gasteiger partial charge on any atom is -0.506 e. The Bertz CT molecular complexity index is 471. The summed E-state index contributed by atoms with van der Waals surface area (Å²) in [6.07, 6.45) is 5.71. The van der Waals surface area contributed by atoms with Crippen molar-refractivity contribution in [3.63, 3.8) is 0 Å². The van der Waals surface area contributed by atoms with E-state index in [1.807, 2.05) is 0 Å². The Hall–Kier alpha value is -2.04. The maximum Gasteiger partial charge on any atom is 0.335 e. The van der Waals surface area contributed by atoms with Crippen molar-refractivity contribution in [2.75, 3.05) is 5.32 Å². The van der Waals surface area contributed by atoms with Gasteiger partial charge in [-0.1, -0.05) is 32.6 Å². The van der Waals surface area contributed by atoms with Gasteiger partial charge in [0.05, 0.1) is 11.3 Å². The maximum atomic E-state index is 11.7. The molecule has 1 rings (SSSR count). The van der Waals surface area contributed by atoms with Crippen molar-refractivity contribution in [1.29, 1.82) is 0 Å². The number of carboxylic acids is 1. The first-order valence-corrected chi connectivity index (χ1v) is 6.90. The van der Waals surface area contributed by atoms with Crippen LogP contribution in [0.4, 0.5) is 5.69 Å². The second-order valence-electron chi connectivity index (χ2n) is 4.75. The second kappa shape index (κ2) is 8.19. The molecule has 0 atom stereocenters. The van der Waals surface area contributed by atoms with Gasteiger partial charge in [0.15, 0.2) is 0 Å². The molecule has 0 saturated carbocycles. The zero-order valence-corrected chi connectivity index (χ0v) is 11.7. The molecule has 0 bridgehead atoms. The van der Waals surface area contributed by atoms with E-state index < -0.39 is 5.97 Å². The zero-order chi connectivity index (χ0) is 15.0. The van der Waals surface area contributed by atoms with Gasteiger partial charge in [-0.15, -0.1) is 0 Å². The molecule has 0 aliphatic rings. The summed E-state index contributed by atoms with van der Waals surface area (Å²) in [6, 6.07) is 3.87. The van der Waals surface area contributed by atoms with E-state index in [1.54, 1.807) is 0 Å². The minimum absolute atomic E-state index is 0.0138. The molecule has 1 aromatic carbocycles. The van der Waals surface area contributed by atoms with E-state index in [0.29, 0.717) is 6.42 Å². The molecule has 3 N–H and O–H groups in total. The Labute approximate surface area is 118 Å². The molecule has 5 nitrogen and oxygen atoms in total. The van der Waals surface area contributed by atoms with E-state index in [0.717, 1.165) is 31.7 Å². The number of nitrogens with one attached hydrogen (secondary N) is 1. The van der Waals surface area contributed by atoms with E-state index in [1.165, 1.54) is 18.6 Å². The molecule has 0 aromatic heterocycles. The van der Waals surface area contributed by atoms with E-state index >= 15 is 0 Å².